The Kier molecular flexibility index (Phi) is 2.86. The molecule has 1 heterocycles. The van der Waals surface area contributed by atoms with E-state index >= 15 is 0 Å². The molecule has 0 aliphatic carbocycles. The van der Waals surface area contributed by atoms with Crippen molar-refractivity contribution >= 4 is 5.82 Å². The predicted molar refractivity (Wildman–Crippen MR) is 66.5 cm³/mol. The van der Waals surface area contributed by atoms with E-state index in [1.54, 1.807) is 6.20 Å². The van der Waals surface area contributed by atoms with Crippen LogP contribution in [-0.2, 0) is 0 Å². The molecule has 0 saturated carbocycles. The third-order valence-electron chi connectivity index (χ3n) is 2.62. The minimum Gasteiger partial charge on any atom is -0.373 e. The SMILES string of the molecule is CNc1ccnc(-c2c(C)cccc2C)n1. The zero-order valence-corrected chi connectivity index (χ0v) is 9.78. The van der Waals surface area contributed by atoms with Crippen molar-refractivity contribution in [3.05, 3.63) is 41.6 Å². The summed E-state index contributed by atoms with van der Waals surface area (Å²) in [5.41, 5.74) is 3.53. The standard InChI is InChI=1S/C13H15N3/c1-9-5-4-6-10(2)12(9)13-15-8-7-11(14-3)16-13/h4-8H,1-3H3,(H,14,15,16). The molecule has 0 atom stereocenters. The van der Waals surface area contributed by atoms with Crippen LogP contribution in [0.2, 0.25) is 0 Å². The molecule has 1 aromatic carbocycles. The van der Waals surface area contributed by atoms with Gasteiger partial charge in [0.2, 0.25) is 0 Å². The van der Waals surface area contributed by atoms with Crippen LogP contribution in [0.4, 0.5) is 5.82 Å². The van der Waals surface area contributed by atoms with Crippen molar-refractivity contribution in [2.24, 2.45) is 0 Å². The van der Waals surface area contributed by atoms with Crippen molar-refractivity contribution in [1.82, 2.24) is 9.97 Å². The molecular formula is C13H15N3. The van der Waals surface area contributed by atoms with Crippen LogP contribution in [0.1, 0.15) is 11.1 Å². The van der Waals surface area contributed by atoms with E-state index in [1.807, 2.05) is 13.1 Å². The quantitative estimate of drug-likeness (QED) is 0.833. The molecule has 3 nitrogen and oxygen atoms in total. The van der Waals surface area contributed by atoms with Gasteiger partial charge in [-0.1, -0.05) is 18.2 Å². The van der Waals surface area contributed by atoms with Crippen LogP contribution in [0, 0.1) is 13.8 Å². The molecule has 82 valence electrons. The highest BCUT2D eigenvalue weighted by Crippen LogP contribution is 2.24. The summed E-state index contributed by atoms with van der Waals surface area (Å²) in [6.45, 7) is 4.16. The Morgan fingerprint density at radius 1 is 1.06 bits per heavy atom. The fraction of sp³-hybridized carbons (Fsp3) is 0.231. The van der Waals surface area contributed by atoms with E-state index in [1.165, 1.54) is 11.1 Å². The lowest BCUT2D eigenvalue weighted by atomic mass is 10.0. The number of rotatable bonds is 2. The summed E-state index contributed by atoms with van der Waals surface area (Å²) in [5.74, 6) is 1.62. The maximum atomic E-state index is 4.46. The van der Waals surface area contributed by atoms with Gasteiger partial charge in [0, 0.05) is 18.8 Å². The van der Waals surface area contributed by atoms with Gasteiger partial charge in [0.1, 0.15) is 5.82 Å². The summed E-state index contributed by atoms with van der Waals surface area (Å²) in [5, 5.41) is 3.02. The lowest BCUT2D eigenvalue weighted by Crippen LogP contribution is -1.98. The van der Waals surface area contributed by atoms with E-state index in [2.05, 4.69) is 47.3 Å². The number of aryl methyl sites for hydroxylation is 2. The van der Waals surface area contributed by atoms with E-state index < -0.39 is 0 Å². The van der Waals surface area contributed by atoms with Crippen LogP contribution in [0.25, 0.3) is 11.4 Å². The third-order valence-corrected chi connectivity index (χ3v) is 2.62. The Hall–Kier alpha value is -1.90. The molecule has 0 aliphatic rings. The Morgan fingerprint density at radius 3 is 2.38 bits per heavy atom. The van der Waals surface area contributed by atoms with Crippen LogP contribution in [-0.4, -0.2) is 17.0 Å². The average molecular weight is 213 g/mol. The summed E-state index contributed by atoms with van der Waals surface area (Å²) in [6.07, 6.45) is 1.78. The number of anilines is 1. The zero-order valence-electron chi connectivity index (χ0n) is 9.78. The fourth-order valence-electron chi connectivity index (χ4n) is 1.79. The van der Waals surface area contributed by atoms with Gasteiger partial charge in [0.05, 0.1) is 0 Å². The molecule has 16 heavy (non-hydrogen) atoms. The van der Waals surface area contributed by atoms with Crippen LogP contribution in [0.3, 0.4) is 0 Å². The highest BCUT2D eigenvalue weighted by atomic mass is 15.0. The third kappa shape index (κ3) is 1.89. The van der Waals surface area contributed by atoms with Gasteiger partial charge < -0.3 is 5.32 Å². The lowest BCUT2D eigenvalue weighted by molar-refractivity contribution is 1.15. The highest BCUT2D eigenvalue weighted by molar-refractivity contribution is 5.65. The second-order valence-corrected chi connectivity index (χ2v) is 3.78. The van der Waals surface area contributed by atoms with E-state index in [4.69, 9.17) is 0 Å². The van der Waals surface area contributed by atoms with Gasteiger partial charge in [-0.05, 0) is 31.0 Å². The van der Waals surface area contributed by atoms with Gasteiger partial charge >= 0.3 is 0 Å². The first kappa shape index (κ1) is 10.6. The summed E-state index contributed by atoms with van der Waals surface area (Å²) in [7, 11) is 1.86. The molecule has 1 N–H and O–H groups in total. The van der Waals surface area contributed by atoms with Crippen LogP contribution in [0.5, 0.6) is 0 Å². The fourth-order valence-corrected chi connectivity index (χ4v) is 1.79. The molecule has 0 aliphatic heterocycles. The summed E-state index contributed by atoms with van der Waals surface area (Å²) in [4.78, 5) is 8.79. The molecule has 1 aromatic heterocycles. The molecule has 0 fully saturated rings. The molecule has 2 aromatic rings. The first-order chi connectivity index (χ1) is 7.72. The Morgan fingerprint density at radius 2 is 1.75 bits per heavy atom. The van der Waals surface area contributed by atoms with Crippen LogP contribution < -0.4 is 5.32 Å². The first-order valence-corrected chi connectivity index (χ1v) is 5.30. The van der Waals surface area contributed by atoms with Crippen molar-refractivity contribution in [3.8, 4) is 11.4 Å². The second-order valence-electron chi connectivity index (χ2n) is 3.78. The first-order valence-electron chi connectivity index (χ1n) is 5.30. The van der Waals surface area contributed by atoms with E-state index in [9.17, 15) is 0 Å². The largest absolute Gasteiger partial charge is 0.373 e. The molecular weight excluding hydrogens is 198 g/mol. The van der Waals surface area contributed by atoms with Crippen LogP contribution in [0.15, 0.2) is 30.5 Å². The topological polar surface area (TPSA) is 37.8 Å². The molecule has 0 saturated heterocycles. The maximum absolute atomic E-state index is 4.46. The number of benzene rings is 1. The molecule has 0 bridgehead atoms. The normalized spacial score (nSPS) is 10.2. The van der Waals surface area contributed by atoms with Gasteiger partial charge in [-0.2, -0.15) is 0 Å². The minimum atomic E-state index is 0.780. The van der Waals surface area contributed by atoms with E-state index in [0.29, 0.717) is 0 Å². The van der Waals surface area contributed by atoms with Crippen molar-refractivity contribution in [2.75, 3.05) is 12.4 Å². The number of nitrogens with zero attached hydrogens (tertiary/aromatic N) is 2. The molecule has 0 unspecified atom stereocenters. The van der Waals surface area contributed by atoms with E-state index in [-0.39, 0.29) is 0 Å². The van der Waals surface area contributed by atoms with Crippen LogP contribution >= 0.6 is 0 Å². The molecule has 2 rings (SSSR count). The Bertz CT molecular complexity index is 486. The Labute approximate surface area is 95.6 Å². The summed E-state index contributed by atoms with van der Waals surface area (Å²) in [6, 6.07) is 8.07. The number of hydrogen-bond donors (Lipinski definition) is 1. The Balaban J connectivity index is 2.58. The van der Waals surface area contributed by atoms with Gasteiger partial charge in [-0.25, -0.2) is 9.97 Å². The van der Waals surface area contributed by atoms with Gasteiger partial charge in [-0.3, -0.25) is 0 Å². The monoisotopic (exact) mass is 213 g/mol. The zero-order chi connectivity index (χ0) is 11.5. The van der Waals surface area contributed by atoms with Crippen molar-refractivity contribution in [2.45, 2.75) is 13.8 Å². The number of hydrogen-bond acceptors (Lipinski definition) is 3. The summed E-state index contributed by atoms with van der Waals surface area (Å²) < 4.78 is 0. The van der Waals surface area contributed by atoms with Crippen molar-refractivity contribution in [3.63, 3.8) is 0 Å². The number of nitrogens with one attached hydrogen (secondary N) is 1. The van der Waals surface area contributed by atoms with Gasteiger partial charge in [-0.15, -0.1) is 0 Å². The predicted octanol–water partition coefficient (Wildman–Crippen LogP) is 2.80. The second kappa shape index (κ2) is 4.31. The minimum absolute atomic E-state index is 0.780. The highest BCUT2D eigenvalue weighted by Gasteiger charge is 2.08. The summed E-state index contributed by atoms with van der Waals surface area (Å²) >= 11 is 0. The van der Waals surface area contributed by atoms with Gasteiger partial charge in [0.15, 0.2) is 5.82 Å². The average Bonchev–Trinajstić information content (AvgIpc) is 2.29. The molecule has 3 heteroatoms. The van der Waals surface area contributed by atoms with Crippen molar-refractivity contribution < 1.29 is 0 Å². The molecule has 0 amide bonds. The molecule has 0 radical (unpaired) electrons. The number of aromatic nitrogens is 2. The lowest BCUT2D eigenvalue weighted by Gasteiger charge is -2.08. The smallest absolute Gasteiger partial charge is 0.162 e. The van der Waals surface area contributed by atoms with Crippen molar-refractivity contribution in [1.29, 1.82) is 0 Å². The maximum Gasteiger partial charge on any atom is 0.162 e. The van der Waals surface area contributed by atoms with E-state index in [0.717, 1.165) is 17.2 Å². The van der Waals surface area contributed by atoms with Gasteiger partial charge in [0.25, 0.3) is 0 Å². The molecule has 0 spiro atoms.